The number of hydrazine groups is 1. The van der Waals surface area contributed by atoms with E-state index in [-0.39, 0.29) is 10.7 Å². The van der Waals surface area contributed by atoms with Gasteiger partial charge in [0.15, 0.2) is 5.82 Å². The quantitative estimate of drug-likeness (QED) is 0.587. The van der Waals surface area contributed by atoms with Crippen LogP contribution in [-0.4, -0.2) is 13.4 Å². The van der Waals surface area contributed by atoms with E-state index in [1.807, 2.05) is 4.72 Å². The van der Waals surface area contributed by atoms with E-state index < -0.39 is 32.4 Å². The highest BCUT2D eigenvalue weighted by Crippen LogP contribution is 2.28. The van der Waals surface area contributed by atoms with Crippen LogP contribution in [0.15, 0.2) is 35.4 Å². The molecule has 6 nitrogen and oxygen atoms in total. The van der Waals surface area contributed by atoms with Crippen molar-refractivity contribution in [3.8, 4) is 0 Å². The van der Waals surface area contributed by atoms with Crippen LogP contribution < -0.4 is 16.0 Å². The normalized spacial score (nSPS) is 11.2. The Balaban J connectivity index is 2.42. The second-order valence-electron chi connectivity index (χ2n) is 3.87. The number of nitrogen functional groups attached to an aromatic ring is 1. The molecule has 0 aliphatic carbocycles. The minimum absolute atomic E-state index is 0.101. The van der Waals surface area contributed by atoms with Gasteiger partial charge in [-0.1, -0.05) is 11.6 Å². The van der Waals surface area contributed by atoms with E-state index in [1.54, 1.807) is 0 Å². The van der Waals surface area contributed by atoms with Gasteiger partial charge in [0.05, 0.1) is 9.92 Å². The lowest BCUT2D eigenvalue weighted by Crippen LogP contribution is -2.16. The molecule has 0 saturated heterocycles. The highest BCUT2D eigenvalue weighted by molar-refractivity contribution is 7.92. The standard InChI is InChI=1S/C11H9ClF2N4O2S/c12-8-3-6(13)4-9(14)11(8)18-21(19,20)7-1-2-16-10(5-7)17-15/h1-5,18H,15H2,(H,16,17). The summed E-state index contributed by atoms with van der Waals surface area (Å²) < 4.78 is 52.8. The van der Waals surface area contributed by atoms with Gasteiger partial charge < -0.3 is 5.43 Å². The molecule has 0 fully saturated rings. The number of halogens is 3. The van der Waals surface area contributed by atoms with E-state index in [1.165, 1.54) is 12.3 Å². The molecule has 1 aromatic heterocycles. The minimum atomic E-state index is -4.14. The average molecular weight is 335 g/mol. The number of benzene rings is 1. The molecule has 2 rings (SSSR count). The van der Waals surface area contributed by atoms with Crippen molar-refractivity contribution in [2.45, 2.75) is 4.90 Å². The van der Waals surface area contributed by atoms with Crippen molar-refractivity contribution in [1.82, 2.24) is 4.98 Å². The predicted octanol–water partition coefficient (Wildman–Crippen LogP) is 2.10. The first-order valence-electron chi connectivity index (χ1n) is 5.43. The van der Waals surface area contributed by atoms with Crippen molar-refractivity contribution in [3.05, 3.63) is 47.1 Å². The number of rotatable bonds is 4. The monoisotopic (exact) mass is 334 g/mol. The maximum Gasteiger partial charge on any atom is 0.262 e. The zero-order chi connectivity index (χ0) is 15.6. The Morgan fingerprint density at radius 3 is 2.57 bits per heavy atom. The molecule has 21 heavy (non-hydrogen) atoms. The van der Waals surface area contributed by atoms with Gasteiger partial charge in [0.2, 0.25) is 0 Å². The maximum atomic E-state index is 13.6. The fourth-order valence-corrected chi connectivity index (χ4v) is 2.89. The van der Waals surface area contributed by atoms with Crippen molar-refractivity contribution < 1.29 is 17.2 Å². The lowest BCUT2D eigenvalue weighted by molar-refractivity contribution is 0.583. The summed E-state index contributed by atoms with van der Waals surface area (Å²) in [4.78, 5) is 3.53. The van der Waals surface area contributed by atoms with E-state index in [9.17, 15) is 17.2 Å². The fourth-order valence-electron chi connectivity index (χ4n) is 1.49. The summed E-state index contributed by atoms with van der Waals surface area (Å²) in [6, 6.07) is 3.63. The molecule has 4 N–H and O–H groups in total. The molecular weight excluding hydrogens is 326 g/mol. The van der Waals surface area contributed by atoms with Gasteiger partial charge in [-0.2, -0.15) is 0 Å². The highest BCUT2D eigenvalue weighted by Gasteiger charge is 2.20. The van der Waals surface area contributed by atoms with Crippen molar-refractivity contribution in [2.75, 3.05) is 10.1 Å². The number of hydrogen-bond acceptors (Lipinski definition) is 5. The molecule has 0 spiro atoms. The van der Waals surface area contributed by atoms with Gasteiger partial charge in [0.25, 0.3) is 10.0 Å². The molecule has 0 aliphatic rings. The topological polar surface area (TPSA) is 97.1 Å². The highest BCUT2D eigenvalue weighted by atomic mass is 35.5. The molecule has 0 unspecified atom stereocenters. The third-order valence-electron chi connectivity index (χ3n) is 2.43. The van der Waals surface area contributed by atoms with Crippen LogP contribution in [-0.2, 0) is 10.0 Å². The molecule has 0 atom stereocenters. The summed E-state index contributed by atoms with van der Waals surface area (Å²) in [5.74, 6) is 3.18. The molecule has 0 saturated carbocycles. The van der Waals surface area contributed by atoms with Crippen LogP contribution in [0.25, 0.3) is 0 Å². The molecule has 0 aliphatic heterocycles. The van der Waals surface area contributed by atoms with E-state index in [0.717, 1.165) is 12.1 Å². The molecule has 0 amide bonds. The van der Waals surface area contributed by atoms with Crippen LogP contribution in [0.3, 0.4) is 0 Å². The molecule has 1 heterocycles. The Bertz CT molecular complexity index is 763. The summed E-state index contributed by atoms with van der Waals surface area (Å²) in [6.07, 6.45) is 1.20. The van der Waals surface area contributed by atoms with Gasteiger partial charge in [0.1, 0.15) is 17.3 Å². The van der Waals surface area contributed by atoms with E-state index in [4.69, 9.17) is 17.4 Å². The van der Waals surface area contributed by atoms with Crippen molar-refractivity contribution >= 4 is 33.1 Å². The predicted molar refractivity (Wildman–Crippen MR) is 74.2 cm³/mol. The van der Waals surface area contributed by atoms with Crippen LogP contribution in [0.1, 0.15) is 0 Å². The number of aromatic nitrogens is 1. The first kappa shape index (κ1) is 15.4. The number of nitrogens with two attached hydrogens (primary N) is 1. The largest absolute Gasteiger partial charge is 0.308 e. The SMILES string of the molecule is NNc1cc(S(=O)(=O)Nc2c(F)cc(F)cc2Cl)ccn1. The number of nitrogens with one attached hydrogen (secondary N) is 2. The Labute approximate surface area is 124 Å². The molecule has 2 aromatic rings. The Hall–Kier alpha value is -1.97. The molecular formula is C11H9ClF2N4O2S. The number of sulfonamides is 1. The lowest BCUT2D eigenvalue weighted by atomic mass is 10.3. The lowest BCUT2D eigenvalue weighted by Gasteiger charge is -2.11. The van der Waals surface area contributed by atoms with Gasteiger partial charge >= 0.3 is 0 Å². The van der Waals surface area contributed by atoms with Crippen LogP contribution in [0, 0.1) is 11.6 Å². The summed E-state index contributed by atoms with van der Waals surface area (Å²) >= 11 is 5.64. The van der Waals surface area contributed by atoms with E-state index in [2.05, 4.69) is 10.4 Å². The molecule has 0 bridgehead atoms. The Morgan fingerprint density at radius 1 is 1.24 bits per heavy atom. The first-order chi connectivity index (χ1) is 9.83. The zero-order valence-corrected chi connectivity index (χ0v) is 11.8. The van der Waals surface area contributed by atoms with Gasteiger partial charge in [-0.05, 0) is 12.1 Å². The van der Waals surface area contributed by atoms with Gasteiger partial charge in [0, 0.05) is 18.3 Å². The van der Waals surface area contributed by atoms with Gasteiger partial charge in [-0.25, -0.2) is 28.0 Å². The summed E-state index contributed by atoms with van der Waals surface area (Å²) in [6.45, 7) is 0. The maximum absolute atomic E-state index is 13.6. The third-order valence-corrected chi connectivity index (χ3v) is 4.08. The van der Waals surface area contributed by atoms with Crippen molar-refractivity contribution in [3.63, 3.8) is 0 Å². The second-order valence-corrected chi connectivity index (χ2v) is 5.96. The van der Waals surface area contributed by atoms with Crippen LogP contribution in [0.4, 0.5) is 20.3 Å². The molecule has 0 radical (unpaired) electrons. The number of hydrogen-bond donors (Lipinski definition) is 3. The van der Waals surface area contributed by atoms with Gasteiger partial charge in [-0.15, -0.1) is 0 Å². The second kappa shape index (κ2) is 5.80. The van der Waals surface area contributed by atoms with Crippen molar-refractivity contribution in [2.24, 2.45) is 5.84 Å². The smallest absolute Gasteiger partial charge is 0.262 e. The molecule has 112 valence electrons. The van der Waals surface area contributed by atoms with E-state index in [0.29, 0.717) is 6.07 Å². The van der Waals surface area contributed by atoms with Gasteiger partial charge in [-0.3, -0.25) is 4.72 Å². The Morgan fingerprint density at radius 2 is 1.95 bits per heavy atom. The van der Waals surface area contributed by atoms with Crippen LogP contribution in [0.5, 0.6) is 0 Å². The molecule has 1 aromatic carbocycles. The minimum Gasteiger partial charge on any atom is -0.308 e. The summed E-state index contributed by atoms with van der Waals surface area (Å²) in [5.41, 5.74) is 1.64. The van der Waals surface area contributed by atoms with Crippen LogP contribution >= 0.6 is 11.6 Å². The summed E-state index contributed by atoms with van der Waals surface area (Å²) in [5, 5.41) is -0.401. The number of nitrogens with zero attached hydrogens (tertiary/aromatic N) is 1. The fraction of sp³-hybridized carbons (Fsp3) is 0. The van der Waals surface area contributed by atoms with Crippen molar-refractivity contribution in [1.29, 1.82) is 0 Å². The summed E-state index contributed by atoms with van der Waals surface area (Å²) in [7, 11) is -4.14. The number of anilines is 2. The first-order valence-corrected chi connectivity index (χ1v) is 7.29. The van der Waals surface area contributed by atoms with Crippen LogP contribution in [0.2, 0.25) is 5.02 Å². The number of pyridine rings is 1. The molecule has 10 heteroatoms. The zero-order valence-electron chi connectivity index (χ0n) is 10.3. The van der Waals surface area contributed by atoms with E-state index >= 15 is 0 Å². The third kappa shape index (κ3) is 3.38. The Kier molecular flexibility index (Phi) is 4.26. The average Bonchev–Trinajstić information content (AvgIpc) is 2.43.